The number of thiazole rings is 1. The Hall–Kier alpha value is -1.38. The quantitative estimate of drug-likeness (QED) is 0.851. The number of hydrogen-bond acceptors (Lipinski definition) is 6. The van der Waals surface area contributed by atoms with E-state index in [9.17, 15) is 8.42 Å². The molecular formula is C14H19N3O3S2. The summed E-state index contributed by atoms with van der Waals surface area (Å²) in [7, 11) is -1.47. The van der Waals surface area contributed by atoms with Gasteiger partial charge in [0.1, 0.15) is 5.75 Å². The second kappa shape index (κ2) is 6.02. The van der Waals surface area contributed by atoms with E-state index >= 15 is 0 Å². The zero-order valence-electron chi connectivity index (χ0n) is 12.7. The first kappa shape index (κ1) is 15.5. The third-order valence-electron chi connectivity index (χ3n) is 3.78. The Labute approximate surface area is 134 Å². The maximum atomic E-state index is 11.7. The molecule has 0 N–H and O–H groups in total. The van der Waals surface area contributed by atoms with Crippen molar-refractivity contribution >= 4 is 36.7 Å². The molecule has 1 aliphatic rings. The van der Waals surface area contributed by atoms with Gasteiger partial charge in [-0.3, -0.25) is 0 Å². The van der Waals surface area contributed by atoms with Crippen LogP contribution < -0.4 is 9.64 Å². The fourth-order valence-electron chi connectivity index (χ4n) is 2.57. The average Bonchev–Trinajstić information content (AvgIpc) is 2.72. The maximum absolute atomic E-state index is 11.7. The normalized spacial score (nSPS) is 17.6. The van der Waals surface area contributed by atoms with Gasteiger partial charge < -0.3 is 9.64 Å². The molecule has 1 aromatic carbocycles. The van der Waals surface area contributed by atoms with E-state index in [0.29, 0.717) is 19.6 Å². The van der Waals surface area contributed by atoms with Gasteiger partial charge in [0.05, 0.1) is 23.6 Å². The second-order valence-corrected chi connectivity index (χ2v) is 8.32. The minimum Gasteiger partial charge on any atom is -0.497 e. The van der Waals surface area contributed by atoms with Gasteiger partial charge in [0.25, 0.3) is 0 Å². The average molecular weight is 341 g/mol. The number of fused-ring (bicyclic) bond motifs is 1. The van der Waals surface area contributed by atoms with Crippen LogP contribution in [0.25, 0.3) is 10.2 Å². The highest BCUT2D eigenvalue weighted by molar-refractivity contribution is 7.88. The van der Waals surface area contributed by atoms with Crippen molar-refractivity contribution in [2.45, 2.75) is 6.42 Å². The fraction of sp³-hybridized carbons (Fsp3) is 0.500. The predicted octanol–water partition coefficient (Wildman–Crippen LogP) is 1.78. The first-order valence-electron chi connectivity index (χ1n) is 7.12. The van der Waals surface area contributed by atoms with Gasteiger partial charge in [-0.1, -0.05) is 11.3 Å². The molecule has 0 aliphatic carbocycles. The van der Waals surface area contributed by atoms with Crippen molar-refractivity contribution in [1.82, 2.24) is 9.29 Å². The summed E-state index contributed by atoms with van der Waals surface area (Å²) < 4.78 is 31.2. The molecule has 1 aromatic heterocycles. The van der Waals surface area contributed by atoms with Crippen LogP contribution in [-0.4, -0.2) is 57.3 Å². The molecule has 0 saturated carbocycles. The Bertz CT molecular complexity index is 773. The fourth-order valence-corrected chi connectivity index (χ4v) is 4.45. The lowest BCUT2D eigenvalue weighted by Gasteiger charge is -2.19. The maximum Gasteiger partial charge on any atom is 0.211 e. The van der Waals surface area contributed by atoms with Crippen LogP contribution in [0.1, 0.15) is 6.42 Å². The van der Waals surface area contributed by atoms with Crippen LogP contribution in [0.15, 0.2) is 18.2 Å². The van der Waals surface area contributed by atoms with E-state index in [1.165, 1.54) is 6.26 Å². The van der Waals surface area contributed by atoms with Crippen molar-refractivity contribution in [2.24, 2.45) is 0 Å². The van der Waals surface area contributed by atoms with E-state index in [1.54, 1.807) is 22.8 Å². The van der Waals surface area contributed by atoms with Gasteiger partial charge in [0.15, 0.2) is 5.13 Å². The van der Waals surface area contributed by atoms with Crippen LogP contribution in [0, 0.1) is 0 Å². The third-order valence-corrected chi connectivity index (χ3v) is 6.18. The topological polar surface area (TPSA) is 62.7 Å². The Kier molecular flexibility index (Phi) is 4.24. The minimum atomic E-state index is -3.12. The van der Waals surface area contributed by atoms with Crippen LogP contribution in [0.5, 0.6) is 5.75 Å². The molecule has 120 valence electrons. The summed E-state index contributed by atoms with van der Waals surface area (Å²) in [5.74, 6) is 0.795. The highest BCUT2D eigenvalue weighted by Gasteiger charge is 2.22. The number of benzene rings is 1. The molecule has 0 amide bonds. The van der Waals surface area contributed by atoms with E-state index in [1.807, 2.05) is 18.2 Å². The molecule has 3 rings (SSSR count). The number of ether oxygens (including phenoxy) is 1. The number of aromatic nitrogens is 1. The number of sulfonamides is 1. The van der Waals surface area contributed by atoms with E-state index < -0.39 is 10.0 Å². The Morgan fingerprint density at radius 1 is 1.23 bits per heavy atom. The first-order chi connectivity index (χ1) is 10.5. The molecule has 0 bridgehead atoms. The summed E-state index contributed by atoms with van der Waals surface area (Å²) in [4.78, 5) is 6.84. The number of nitrogens with zero attached hydrogens (tertiary/aromatic N) is 3. The number of methoxy groups -OCH3 is 1. The zero-order valence-corrected chi connectivity index (χ0v) is 14.3. The van der Waals surface area contributed by atoms with Crippen molar-refractivity contribution in [3.05, 3.63) is 18.2 Å². The molecule has 0 atom stereocenters. The lowest BCUT2D eigenvalue weighted by molar-refractivity contribution is 0.415. The first-order valence-corrected chi connectivity index (χ1v) is 9.78. The molecule has 0 radical (unpaired) electrons. The molecule has 0 unspecified atom stereocenters. The highest BCUT2D eigenvalue weighted by atomic mass is 32.2. The van der Waals surface area contributed by atoms with Crippen LogP contribution in [0.2, 0.25) is 0 Å². The van der Waals surface area contributed by atoms with Gasteiger partial charge in [-0.05, 0) is 18.6 Å². The summed E-state index contributed by atoms with van der Waals surface area (Å²) in [5.41, 5.74) is 0.920. The molecule has 1 fully saturated rings. The Morgan fingerprint density at radius 2 is 2.05 bits per heavy atom. The lowest BCUT2D eigenvalue weighted by Crippen LogP contribution is -2.34. The van der Waals surface area contributed by atoms with Crippen LogP contribution in [0.4, 0.5) is 5.13 Å². The zero-order chi connectivity index (χ0) is 15.7. The second-order valence-electron chi connectivity index (χ2n) is 5.33. The Balaban J connectivity index is 1.82. The molecule has 22 heavy (non-hydrogen) atoms. The lowest BCUT2D eigenvalue weighted by atomic mass is 10.3. The van der Waals surface area contributed by atoms with Gasteiger partial charge in [0.2, 0.25) is 10.0 Å². The summed E-state index contributed by atoms with van der Waals surface area (Å²) in [6.45, 7) is 2.58. The highest BCUT2D eigenvalue weighted by Crippen LogP contribution is 2.31. The van der Waals surface area contributed by atoms with Crippen molar-refractivity contribution < 1.29 is 13.2 Å². The number of rotatable bonds is 3. The molecule has 1 aliphatic heterocycles. The monoisotopic (exact) mass is 341 g/mol. The minimum absolute atomic E-state index is 0.512. The van der Waals surface area contributed by atoms with E-state index in [0.717, 1.165) is 34.1 Å². The summed E-state index contributed by atoms with van der Waals surface area (Å²) in [6, 6.07) is 5.87. The van der Waals surface area contributed by atoms with Crippen molar-refractivity contribution in [1.29, 1.82) is 0 Å². The summed E-state index contributed by atoms with van der Waals surface area (Å²) in [5, 5.41) is 0.943. The summed E-state index contributed by atoms with van der Waals surface area (Å²) >= 11 is 1.63. The number of anilines is 1. The van der Waals surface area contributed by atoms with E-state index in [-0.39, 0.29) is 0 Å². The molecule has 6 nitrogen and oxygen atoms in total. The molecule has 8 heteroatoms. The van der Waals surface area contributed by atoms with Crippen molar-refractivity contribution in [2.75, 3.05) is 44.4 Å². The van der Waals surface area contributed by atoms with Gasteiger partial charge >= 0.3 is 0 Å². The van der Waals surface area contributed by atoms with Crippen molar-refractivity contribution in [3.8, 4) is 5.75 Å². The standard InChI is InChI=1S/C14H19N3O3S2/c1-20-11-4-5-13-12(10-11)15-14(21-13)16-6-3-7-17(9-8-16)22(2,18)19/h4-5,10H,3,6-9H2,1-2H3. The van der Waals surface area contributed by atoms with E-state index in [4.69, 9.17) is 4.74 Å². The molecule has 2 aromatic rings. The van der Waals surface area contributed by atoms with Gasteiger partial charge in [-0.25, -0.2) is 17.7 Å². The van der Waals surface area contributed by atoms with Crippen molar-refractivity contribution in [3.63, 3.8) is 0 Å². The predicted molar refractivity (Wildman–Crippen MR) is 89.4 cm³/mol. The van der Waals surface area contributed by atoms with Crippen LogP contribution in [-0.2, 0) is 10.0 Å². The van der Waals surface area contributed by atoms with Gasteiger partial charge in [-0.2, -0.15) is 0 Å². The number of hydrogen-bond donors (Lipinski definition) is 0. The van der Waals surface area contributed by atoms with Gasteiger partial charge in [0, 0.05) is 32.2 Å². The van der Waals surface area contributed by atoms with Gasteiger partial charge in [-0.15, -0.1) is 0 Å². The molecule has 0 spiro atoms. The van der Waals surface area contributed by atoms with E-state index in [2.05, 4.69) is 9.88 Å². The van der Waals surface area contributed by atoms with Crippen LogP contribution in [0.3, 0.4) is 0 Å². The SMILES string of the molecule is COc1ccc2sc(N3CCCN(S(C)(=O)=O)CC3)nc2c1. The third kappa shape index (κ3) is 3.18. The molecule has 2 heterocycles. The Morgan fingerprint density at radius 3 is 2.77 bits per heavy atom. The molecular weight excluding hydrogens is 322 g/mol. The smallest absolute Gasteiger partial charge is 0.211 e. The largest absolute Gasteiger partial charge is 0.497 e. The molecule has 1 saturated heterocycles. The van der Waals surface area contributed by atoms with Crippen LogP contribution >= 0.6 is 11.3 Å². The summed E-state index contributed by atoms with van der Waals surface area (Å²) in [6.07, 6.45) is 2.08.